The summed E-state index contributed by atoms with van der Waals surface area (Å²) in [6.07, 6.45) is 1.78. The zero-order valence-electron chi connectivity index (χ0n) is 15.6. The number of H-pyrrole nitrogens is 1. The second-order valence-electron chi connectivity index (χ2n) is 6.85. The maximum atomic E-state index is 13.8. The van der Waals surface area contributed by atoms with Crippen molar-refractivity contribution in [1.29, 1.82) is 0 Å². The van der Waals surface area contributed by atoms with Crippen LogP contribution < -0.4 is 10.2 Å². The first-order valence-corrected chi connectivity index (χ1v) is 9.42. The molecule has 0 unspecified atom stereocenters. The van der Waals surface area contributed by atoms with Gasteiger partial charge in [-0.1, -0.05) is 12.1 Å². The predicted octanol–water partition coefficient (Wildman–Crippen LogP) is 3.74. The Hall–Kier alpha value is -3.52. The highest BCUT2D eigenvalue weighted by molar-refractivity contribution is 5.83. The molecule has 0 aliphatic carbocycles. The lowest BCUT2D eigenvalue weighted by molar-refractivity contribution is 0.122. The van der Waals surface area contributed by atoms with Crippen LogP contribution in [0.1, 0.15) is 0 Å². The SMILES string of the molecule is Fc1cccc(-c2cc(Nc3ccc4[nH]ncc4c3)nc(N3CCOCC3)n2)c1. The zero-order chi connectivity index (χ0) is 19.6. The summed E-state index contributed by atoms with van der Waals surface area (Å²) in [5.74, 6) is 0.944. The molecule has 1 aliphatic rings. The first-order chi connectivity index (χ1) is 14.2. The van der Waals surface area contributed by atoms with Crippen molar-refractivity contribution < 1.29 is 9.13 Å². The lowest BCUT2D eigenvalue weighted by Gasteiger charge is -2.27. The number of rotatable bonds is 4. The zero-order valence-corrected chi connectivity index (χ0v) is 15.6. The normalized spacial score (nSPS) is 14.3. The van der Waals surface area contributed by atoms with Crippen LogP contribution in [-0.4, -0.2) is 46.5 Å². The van der Waals surface area contributed by atoms with Crippen LogP contribution in [-0.2, 0) is 4.74 Å². The van der Waals surface area contributed by atoms with Crippen LogP contribution >= 0.6 is 0 Å². The van der Waals surface area contributed by atoms with Crippen molar-refractivity contribution in [3.05, 3.63) is 60.5 Å². The largest absolute Gasteiger partial charge is 0.378 e. The van der Waals surface area contributed by atoms with E-state index in [4.69, 9.17) is 9.72 Å². The van der Waals surface area contributed by atoms with Gasteiger partial charge in [-0.3, -0.25) is 5.10 Å². The first kappa shape index (κ1) is 17.6. The molecule has 29 heavy (non-hydrogen) atoms. The molecule has 2 aromatic heterocycles. The molecular weight excluding hydrogens is 371 g/mol. The summed E-state index contributed by atoms with van der Waals surface area (Å²) in [6, 6.07) is 14.2. The number of fused-ring (bicyclic) bond motifs is 1. The molecule has 1 fully saturated rings. The van der Waals surface area contributed by atoms with E-state index in [1.165, 1.54) is 12.1 Å². The minimum absolute atomic E-state index is 0.297. The second-order valence-corrected chi connectivity index (χ2v) is 6.85. The van der Waals surface area contributed by atoms with Gasteiger partial charge in [0, 0.05) is 35.8 Å². The summed E-state index contributed by atoms with van der Waals surface area (Å²) in [5.41, 5.74) is 3.21. The Morgan fingerprint density at radius 2 is 1.93 bits per heavy atom. The highest BCUT2D eigenvalue weighted by Gasteiger charge is 2.17. The molecule has 4 aromatic rings. The number of nitrogens with one attached hydrogen (secondary N) is 2. The van der Waals surface area contributed by atoms with Gasteiger partial charge in [-0.2, -0.15) is 10.1 Å². The van der Waals surface area contributed by atoms with Gasteiger partial charge in [0.1, 0.15) is 11.6 Å². The van der Waals surface area contributed by atoms with Gasteiger partial charge in [0.2, 0.25) is 5.95 Å². The monoisotopic (exact) mass is 390 g/mol. The molecule has 0 radical (unpaired) electrons. The van der Waals surface area contributed by atoms with Gasteiger partial charge in [0.15, 0.2) is 0 Å². The Balaban J connectivity index is 1.54. The van der Waals surface area contributed by atoms with E-state index in [2.05, 4.69) is 25.4 Å². The van der Waals surface area contributed by atoms with E-state index in [9.17, 15) is 4.39 Å². The van der Waals surface area contributed by atoms with Crippen LogP contribution in [0.25, 0.3) is 22.2 Å². The summed E-state index contributed by atoms with van der Waals surface area (Å²) in [7, 11) is 0. The molecule has 5 rings (SSSR count). The topological polar surface area (TPSA) is 79.0 Å². The molecule has 1 aliphatic heterocycles. The van der Waals surface area contributed by atoms with E-state index in [1.807, 2.05) is 30.3 Å². The van der Waals surface area contributed by atoms with Gasteiger partial charge in [0.05, 0.1) is 30.6 Å². The molecule has 0 atom stereocenters. The summed E-state index contributed by atoms with van der Waals surface area (Å²) >= 11 is 0. The molecule has 146 valence electrons. The lowest BCUT2D eigenvalue weighted by Crippen LogP contribution is -2.37. The average molecular weight is 390 g/mol. The maximum Gasteiger partial charge on any atom is 0.228 e. The van der Waals surface area contributed by atoms with Crippen molar-refractivity contribution in [2.45, 2.75) is 0 Å². The van der Waals surface area contributed by atoms with Crippen molar-refractivity contribution in [3.8, 4) is 11.3 Å². The average Bonchev–Trinajstić information content (AvgIpc) is 3.22. The van der Waals surface area contributed by atoms with Gasteiger partial charge < -0.3 is 15.0 Å². The number of morpholine rings is 1. The Kier molecular flexibility index (Phi) is 4.53. The Morgan fingerprint density at radius 3 is 2.79 bits per heavy atom. The molecule has 0 bridgehead atoms. The van der Waals surface area contributed by atoms with Crippen molar-refractivity contribution in [2.75, 3.05) is 36.5 Å². The standard InChI is InChI=1S/C21H19FN6O/c22-16-3-1-2-14(10-16)19-12-20(26-21(25-19)28-6-8-29-9-7-28)24-17-4-5-18-15(11-17)13-23-27-18/h1-5,10-13H,6-9H2,(H,23,27)(H,24,25,26). The van der Waals surface area contributed by atoms with E-state index in [1.54, 1.807) is 12.3 Å². The smallest absolute Gasteiger partial charge is 0.228 e. The van der Waals surface area contributed by atoms with E-state index < -0.39 is 0 Å². The van der Waals surface area contributed by atoms with Gasteiger partial charge in [-0.15, -0.1) is 0 Å². The summed E-state index contributed by atoms with van der Waals surface area (Å²) in [6.45, 7) is 2.70. The maximum absolute atomic E-state index is 13.8. The molecule has 7 nitrogen and oxygen atoms in total. The lowest BCUT2D eigenvalue weighted by atomic mass is 10.1. The van der Waals surface area contributed by atoms with Gasteiger partial charge in [0.25, 0.3) is 0 Å². The van der Waals surface area contributed by atoms with Crippen LogP contribution in [0.3, 0.4) is 0 Å². The second kappa shape index (κ2) is 7.48. The number of hydrogen-bond acceptors (Lipinski definition) is 6. The van der Waals surface area contributed by atoms with Crippen LogP contribution in [0.4, 0.5) is 21.8 Å². The number of benzene rings is 2. The molecular formula is C21H19FN6O. The Labute approximate surface area is 166 Å². The van der Waals surface area contributed by atoms with Crippen molar-refractivity contribution in [2.24, 2.45) is 0 Å². The van der Waals surface area contributed by atoms with Gasteiger partial charge >= 0.3 is 0 Å². The number of anilines is 3. The van der Waals surface area contributed by atoms with Crippen molar-refractivity contribution in [3.63, 3.8) is 0 Å². The molecule has 0 spiro atoms. The fraction of sp³-hybridized carbons (Fsp3) is 0.190. The van der Waals surface area contributed by atoms with Crippen LogP contribution in [0.15, 0.2) is 54.7 Å². The number of halogens is 1. The Morgan fingerprint density at radius 1 is 1.03 bits per heavy atom. The fourth-order valence-corrected chi connectivity index (χ4v) is 3.37. The third kappa shape index (κ3) is 3.74. The molecule has 0 saturated carbocycles. The number of hydrogen-bond donors (Lipinski definition) is 2. The third-order valence-electron chi connectivity index (χ3n) is 4.84. The Bertz CT molecular complexity index is 1150. The quantitative estimate of drug-likeness (QED) is 0.553. The van der Waals surface area contributed by atoms with Crippen LogP contribution in [0.2, 0.25) is 0 Å². The molecule has 0 amide bonds. The van der Waals surface area contributed by atoms with Gasteiger partial charge in [-0.05, 0) is 30.3 Å². The first-order valence-electron chi connectivity index (χ1n) is 9.42. The molecule has 2 aromatic carbocycles. The van der Waals surface area contributed by atoms with Gasteiger partial charge in [-0.25, -0.2) is 9.37 Å². The fourth-order valence-electron chi connectivity index (χ4n) is 3.37. The highest BCUT2D eigenvalue weighted by Crippen LogP contribution is 2.27. The molecule has 8 heteroatoms. The van der Waals surface area contributed by atoms with Crippen LogP contribution in [0.5, 0.6) is 0 Å². The minimum Gasteiger partial charge on any atom is -0.378 e. The van der Waals surface area contributed by atoms with E-state index in [-0.39, 0.29) is 5.82 Å². The summed E-state index contributed by atoms with van der Waals surface area (Å²) in [5, 5.41) is 11.3. The van der Waals surface area contributed by atoms with Crippen molar-refractivity contribution >= 4 is 28.4 Å². The number of aromatic nitrogens is 4. The third-order valence-corrected chi connectivity index (χ3v) is 4.84. The summed E-state index contributed by atoms with van der Waals surface area (Å²) in [4.78, 5) is 11.5. The highest BCUT2D eigenvalue weighted by atomic mass is 19.1. The van der Waals surface area contributed by atoms with E-state index in [0.29, 0.717) is 49.3 Å². The molecule has 1 saturated heterocycles. The number of nitrogens with zero attached hydrogens (tertiary/aromatic N) is 4. The molecule has 3 heterocycles. The van der Waals surface area contributed by atoms with E-state index in [0.717, 1.165) is 16.6 Å². The predicted molar refractivity (Wildman–Crippen MR) is 110 cm³/mol. The van der Waals surface area contributed by atoms with Crippen LogP contribution in [0, 0.1) is 5.82 Å². The molecule has 2 N–H and O–H groups in total. The summed E-state index contributed by atoms with van der Waals surface area (Å²) < 4.78 is 19.2. The minimum atomic E-state index is -0.297. The van der Waals surface area contributed by atoms with E-state index >= 15 is 0 Å². The number of aromatic amines is 1. The number of ether oxygens (including phenoxy) is 1. The van der Waals surface area contributed by atoms with Crippen molar-refractivity contribution in [1.82, 2.24) is 20.2 Å².